The number of H-pyrrole nitrogens is 1. The Labute approximate surface area is 115 Å². The summed E-state index contributed by atoms with van der Waals surface area (Å²) >= 11 is 6.04. The number of hydrogen-bond acceptors (Lipinski definition) is 5. The van der Waals surface area contributed by atoms with Gasteiger partial charge in [-0.05, 0) is 6.42 Å². The van der Waals surface area contributed by atoms with E-state index in [9.17, 15) is 4.79 Å². The van der Waals surface area contributed by atoms with Crippen LogP contribution in [0.5, 0.6) is 0 Å². The molecular weight excluding hydrogens is 268 g/mol. The summed E-state index contributed by atoms with van der Waals surface area (Å²) in [6, 6.07) is 0. The van der Waals surface area contributed by atoms with E-state index in [-0.39, 0.29) is 10.6 Å². The summed E-state index contributed by atoms with van der Waals surface area (Å²) in [5, 5.41) is 13.7. The Morgan fingerprint density at radius 1 is 1.53 bits per heavy atom. The maximum absolute atomic E-state index is 11.9. The number of nitrogens with zero attached hydrogens (tertiary/aromatic N) is 4. The number of halogens is 1. The van der Waals surface area contributed by atoms with Crippen LogP contribution in [0, 0.1) is 0 Å². The van der Waals surface area contributed by atoms with Crippen LogP contribution in [0.1, 0.15) is 25.6 Å². The van der Waals surface area contributed by atoms with Gasteiger partial charge in [-0.2, -0.15) is 10.2 Å². The standard InChI is InChI=1S/C11H15ClN6O/c1-2-3-4-18-11(19)10(12)8(5-16-18)13-6-9-14-7-15-17-9/h5,7,13H,2-4,6H2,1H3,(H,14,15,17). The first kappa shape index (κ1) is 13.5. The molecule has 0 bridgehead atoms. The summed E-state index contributed by atoms with van der Waals surface area (Å²) in [6.07, 6.45) is 4.86. The third kappa shape index (κ3) is 3.31. The van der Waals surface area contributed by atoms with Crippen LogP contribution in [-0.2, 0) is 13.1 Å². The minimum Gasteiger partial charge on any atom is -0.375 e. The number of aromatic nitrogens is 5. The fourth-order valence-electron chi connectivity index (χ4n) is 1.55. The average molecular weight is 283 g/mol. The van der Waals surface area contributed by atoms with Crippen LogP contribution in [0.2, 0.25) is 5.02 Å². The number of aryl methyl sites for hydroxylation is 1. The molecule has 0 aliphatic heterocycles. The van der Waals surface area contributed by atoms with Crippen LogP contribution in [0.4, 0.5) is 5.69 Å². The number of aromatic amines is 1. The minimum atomic E-state index is -0.280. The first-order valence-electron chi connectivity index (χ1n) is 6.06. The number of hydrogen-bond donors (Lipinski definition) is 2. The zero-order valence-electron chi connectivity index (χ0n) is 10.6. The molecule has 2 heterocycles. The molecule has 19 heavy (non-hydrogen) atoms. The highest BCUT2D eigenvalue weighted by Gasteiger charge is 2.09. The normalized spacial score (nSPS) is 10.6. The van der Waals surface area contributed by atoms with Crippen molar-refractivity contribution in [2.24, 2.45) is 0 Å². The van der Waals surface area contributed by atoms with Crippen molar-refractivity contribution in [2.45, 2.75) is 32.9 Å². The van der Waals surface area contributed by atoms with Crippen molar-refractivity contribution < 1.29 is 0 Å². The molecule has 0 spiro atoms. The Morgan fingerprint density at radius 2 is 2.37 bits per heavy atom. The first-order valence-corrected chi connectivity index (χ1v) is 6.44. The van der Waals surface area contributed by atoms with E-state index in [0.29, 0.717) is 24.6 Å². The van der Waals surface area contributed by atoms with Gasteiger partial charge in [0.05, 0.1) is 18.4 Å². The molecule has 2 rings (SSSR count). The Bertz CT molecular complexity index is 579. The van der Waals surface area contributed by atoms with E-state index in [1.165, 1.54) is 11.0 Å². The number of unbranched alkanes of at least 4 members (excludes halogenated alkanes) is 1. The Morgan fingerprint density at radius 3 is 3.05 bits per heavy atom. The average Bonchev–Trinajstić information content (AvgIpc) is 2.92. The van der Waals surface area contributed by atoms with Gasteiger partial charge in [0.1, 0.15) is 17.2 Å². The number of rotatable bonds is 6. The lowest BCUT2D eigenvalue weighted by Crippen LogP contribution is -2.24. The molecule has 0 saturated heterocycles. The van der Waals surface area contributed by atoms with E-state index in [0.717, 1.165) is 12.8 Å². The molecule has 2 aromatic rings. The Kier molecular flexibility index (Phi) is 4.51. The quantitative estimate of drug-likeness (QED) is 0.837. The highest BCUT2D eigenvalue weighted by molar-refractivity contribution is 6.32. The van der Waals surface area contributed by atoms with Crippen molar-refractivity contribution in [3.8, 4) is 0 Å². The Hall–Kier alpha value is -1.89. The van der Waals surface area contributed by atoms with Crippen LogP contribution in [0.15, 0.2) is 17.3 Å². The third-order valence-electron chi connectivity index (χ3n) is 2.62. The monoisotopic (exact) mass is 282 g/mol. The molecule has 0 atom stereocenters. The lowest BCUT2D eigenvalue weighted by atomic mass is 10.3. The molecule has 7 nitrogen and oxygen atoms in total. The molecule has 8 heteroatoms. The van der Waals surface area contributed by atoms with E-state index < -0.39 is 0 Å². The molecule has 0 aliphatic rings. The summed E-state index contributed by atoms with van der Waals surface area (Å²) in [6.45, 7) is 3.04. The van der Waals surface area contributed by atoms with Gasteiger partial charge in [-0.15, -0.1) is 0 Å². The van der Waals surface area contributed by atoms with Crippen molar-refractivity contribution in [1.82, 2.24) is 25.0 Å². The number of nitrogens with one attached hydrogen (secondary N) is 2. The summed E-state index contributed by atoms with van der Waals surface area (Å²) < 4.78 is 1.38. The van der Waals surface area contributed by atoms with Crippen LogP contribution >= 0.6 is 11.6 Å². The predicted molar refractivity (Wildman–Crippen MR) is 72.1 cm³/mol. The molecule has 0 aromatic carbocycles. The second-order valence-corrected chi connectivity index (χ2v) is 4.42. The third-order valence-corrected chi connectivity index (χ3v) is 2.98. The molecule has 102 valence electrons. The SMILES string of the molecule is CCCCn1ncc(NCc2ncn[nH]2)c(Cl)c1=O. The van der Waals surface area contributed by atoms with E-state index in [1.54, 1.807) is 6.20 Å². The first-order chi connectivity index (χ1) is 9.22. The van der Waals surface area contributed by atoms with Gasteiger partial charge in [0, 0.05) is 6.54 Å². The van der Waals surface area contributed by atoms with Gasteiger partial charge in [-0.3, -0.25) is 9.89 Å². The van der Waals surface area contributed by atoms with Crippen molar-refractivity contribution in [2.75, 3.05) is 5.32 Å². The largest absolute Gasteiger partial charge is 0.375 e. The predicted octanol–water partition coefficient (Wildman–Crippen LogP) is 1.43. The molecule has 2 N–H and O–H groups in total. The lowest BCUT2D eigenvalue weighted by molar-refractivity contribution is 0.543. The van der Waals surface area contributed by atoms with Crippen molar-refractivity contribution in [3.05, 3.63) is 33.7 Å². The highest BCUT2D eigenvalue weighted by Crippen LogP contribution is 2.15. The molecule has 2 aromatic heterocycles. The topological polar surface area (TPSA) is 88.5 Å². The molecular formula is C11H15ClN6O. The fraction of sp³-hybridized carbons (Fsp3) is 0.455. The van der Waals surface area contributed by atoms with Crippen molar-refractivity contribution in [1.29, 1.82) is 0 Å². The molecule has 0 amide bonds. The lowest BCUT2D eigenvalue weighted by Gasteiger charge is -2.08. The zero-order valence-corrected chi connectivity index (χ0v) is 11.3. The van der Waals surface area contributed by atoms with Gasteiger partial charge < -0.3 is 5.32 Å². The molecule has 0 saturated carbocycles. The van der Waals surface area contributed by atoms with Gasteiger partial charge in [0.2, 0.25) is 0 Å². The molecule has 0 unspecified atom stereocenters. The van der Waals surface area contributed by atoms with Gasteiger partial charge >= 0.3 is 0 Å². The zero-order chi connectivity index (χ0) is 13.7. The summed E-state index contributed by atoms with van der Waals surface area (Å²) in [4.78, 5) is 15.9. The van der Waals surface area contributed by atoms with Gasteiger partial charge in [-0.1, -0.05) is 24.9 Å². The van der Waals surface area contributed by atoms with Gasteiger partial charge in [-0.25, -0.2) is 9.67 Å². The van der Waals surface area contributed by atoms with Crippen LogP contribution in [0.3, 0.4) is 0 Å². The Balaban J connectivity index is 2.09. The van der Waals surface area contributed by atoms with E-state index in [4.69, 9.17) is 11.6 Å². The second-order valence-electron chi connectivity index (χ2n) is 4.04. The van der Waals surface area contributed by atoms with Gasteiger partial charge in [0.25, 0.3) is 5.56 Å². The van der Waals surface area contributed by atoms with Crippen molar-refractivity contribution in [3.63, 3.8) is 0 Å². The number of anilines is 1. The van der Waals surface area contributed by atoms with Crippen LogP contribution < -0.4 is 10.9 Å². The maximum atomic E-state index is 11.9. The fourth-order valence-corrected chi connectivity index (χ4v) is 1.76. The maximum Gasteiger partial charge on any atom is 0.287 e. The van der Waals surface area contributed by atoms with Crippen LogP contribution in [-0.4, -0.2) is 25.0 Å². The molecule has 0 fully saturated rings. The van der Waals surface area contributed by atoms with E-state index >= 15 is 0 Å². The van der Waals surface area contributed by atoms with E-state index in [2.05, 4.69) is 32.5 Å². The van der Waals surface area contributed by atoms with E-state index in [1.807, 2.05) is 0 Å². The molecule has 0 aliphatic carbocycles. The smallest absolute Gasteiger partial charge is 0.287 e. The molecule has 0 radical (unpaired) electrons. The highest BCUT2D eigenvalue weighted by atomic mass is 35.5. The van der Waals surface area contributed by atoms with Crippen molar-refractivity contribution >= 4 is 17.3 Å². The van der Waals surface area contributed by atoms with Gasteiger partial charge in [0.15, 0.2) is 0 Å². The summed E-state index contributed by atoms with van der Waals surface area (Å²) in [5.41, 5.74) is 0.216. The summed E-state index contributed by atoms with van der Waals surface area (Å²) in [7, 11) is 0. The summed E-state index contributed by atoms with van der Waals surface area (Å²) in [5.74, 6) is 0.659. The minimum absolute atomic E-state index is 0.144. The van der Waals surface area contributed by atoms with Crippen LogP contribution in [0.25, 0.3) is 0 Å². The second kappa shape index (κ2) is 6.33.